The van der Waals surface area contributed by atoms with Crippen molar-refractivity contribution < 1.29 is 9.53 Å². The number of nitrogens with one attached hydrogen (secondary N) is 2. The summed E-state index contributed by atoms with van der Waals surface area (Å²) in [6.45, 7) is 4.19. The summed E-state index contributed by atoms with van der Waals surface area (Å²) >= 11 is 0. The van der Waals surface area contributed by atoms with Crippen molar-refractivity contribution >= 4 is 23.4 Å². The monoisotopic (exact) mass is 300 g/mol. The number of carbonyl (C=O) groups is 1. The summed E-state index contributed by atoms with van der Waals surface area (Å²) in [6, 6.07) is 9.21. The average Bonchev–Trinajstić information content (AvgIpc) is 2.55. The van der Waals surface area contributed by atoms with Gasteiger partial charge in [-0.1, -0.05) is 19.1 Å². The number of benzene rings is 1. The number of nitrogens with zero attached hydrogens (tertiary/aromatic N) is 2. The van der Waals surface area contributed by atoms with Crippen LogP contribution in [0.25, 0.3) is 0 Å². The molecule has 22 heavy (non-hydrogen) atoms. The van der Waals surface area contributed by atoms with Gasteiger partial charge in [0.1, 0.15) is 5.82 Å². The topological polar surface area (TPSA) is 76.1 Å². The van der Waals surface area contributed by atoms with Crippen LogP contribution in [0.15, 0.2) is 36.5 Å². The zero-order valence-corrected chi connectivity index (χ0v) is 13.0. The first-order valence-electron chi connectivity index (χ1n) is 7.18. The summed E-state index contributed by atoms with van der Waals surface area (Å²) < 4.78 is 4.77. The quantitative estimate of drug-likeness (QED) is 0.798. The molecule has 1 heterocycles. The minimum Gasteiger partial charge on any atom is -0.465 e. The van der Waals surface area contributed by atoms with Crippen LogP contribution in [-0.2, 0) is 4.74 Å². The Balaban J connectivity index is 2.21. The highest BCUT2D eigenvalue weighted by Gasteiger charge is 2.12. The van der Waals surface area contributed by atoms with Gasteiger partial charge in [0, 0.05) is 12.2 Å². The first-order chi connectivity index (χ1) is 10.6. The Hall–Kier alpha value is -2.63. The molecule has 0 spiro atoms. The van der Waals surface area contributed by atoms with Crippen LogP contribution in [0, 0.1) is 0 Å². The second-order valence-electron chi connectivity index (χ2n) is 4.88. The average molecular weight is 300 g/mol. The van der Waals surface area contributed by atoms with Crippen LogP contribution in [0.5, 0.6) is 0 Å². The van der Waals surface area contributed by atoms with E-state index in [1.807, 2.05) is 12.1 Å². The second kappa shape index (κ2) is 7.40. The van der Waals surface area contributed by atoms with Crippen molar-refractivity contribution in [1.82, 2.24) is 9.97 Å². The number of aromatic nitrogens is 2. The molecule has 0 bridgehead atoms. The molecule has 6 nitrogen and oxygen atoms in total. The van der Waals surface area contributed by atoms with Gasteiger partial charge in [0.2, 0.25) is 5.95 Å². The number of rotatable bonds is 6. The van der Waals surface area contributed by atoms with Gasteiger partial charge in [-0.2, -0.15) is 4.98 Å². The number of methoxy groups -OCH3 is 1. The van der Waals surface area contributed by atoms with Crippen molar-refractivity contribution in [3.63, 3.8) is 0 Å². The molecule has 0 saturated heterocycles. The molecule has 2 N–H and O–H groups in total. The van der Waals surface area contributed by atoms with Crippen LogP contribution < -0.4 is 10.6 Å². The van der Waals surface area contributed by atoms with Crippen molar-refractivity contribution in [1.29, 1.82) is 0 Å². The smallest absolute Gasteiger partial charge is 0.339 e. The molecule has 6 heteroatoms. The molecule has 0 saturated carbocycles. The van der Waals surface area contributed by atoms with Crippen LogP contribution in [0.3, 0.4) is 0 Å². The maximum absolute atomic E-state index is 11.8. The Morgan fingerprint density at radius 1 is 1.32 bits per heavy atom. The largest absolute Gasteiger partial charge is 0.465 e. The second-order valence-corrected chi connectivity index (χ2v) is 4.88. The molecular formula is C16H20N4O2. The lowest BCUT2D eigenvalue weighted by Gasteiger charge is -2.13. The lowest BCUT2D eigenvalue weighted by atomic mass is 10.2. The summed E-state index contributed by atoms with van der Waals surface area (Å²) in [5.41, 5.74) is 1.05. The Morgan fingerprint density at radius 3 is 2.82 bits per heavy atom. The Bertz CT molecular complexity index is 646. The third-order valence-electron chi connectivity index (χ3n) is 3.24. The highest BCUT2D eigenvalue weighted by molar-refractivity contribution is 5.96. The zero-order valence-electron chi connectivity index (χ0n) is 13.0. The van der Waals surface area contributed by atoms with E-state index in [1.165, 1.54) is 7.11 Å². The number of carbonyl (C=O) groups excluding carboxylic acids is 1. The SMILES string of the molecule is CCC(C)Nc1ccnc(Nc2ccccc2C(=O)OC)n1. The Kier molecular flexibility index (Phi) is 5.30. The van der Waals surface area contributed by atoms with Crippen LogP contribution in [0.4, 0.5) is 17.5 Å². The number of esters is 1. The van der Waals surface area contributed by atoms with E-state index in [0.29, 0.717) is 23.2 Å². The molecule has 1 atom stereocenters. The van der Waals surface area contributed by atoms with Gasteiger partial charge in [-0.3, -0.25) is 0 Å². The lowest BCUT2D eigenvalue weighted by Crippen LogP contribution is -2.15. The summed E-state index contributed by atoms with van der Waals surface area (Å²) in [6.07, 6.45) is 2.67. The van der Waals surface area contributed by atoms with Crippen LogP contribution in [-0.4, -0.2) is 29.1 Å². The third kappa shape index (κ3) is 3.94. The van der Waals surface area contributed by atoms with Crippen LogP contribution in [0.1, 0.15) is 30.6 Å². The van der Waals surface area contributed by atoms with Gasteiger partial charge < -0.3 is 15.4 Å². The number of anilines is 3. The molecule has 116 valence electrons. The van der Waals surface area contributed by atoms with E-state index < -0.39 is 5.97 Å². The van der Waals surface area contributed by atoms with Gasteiger partial charge in [0.25, 0.3) is 0 Å². The summed E-state index contributed by atoms with van der Waals surface area (Å²) in [7, 11) is 1.35. The van der Waals surface area contributed by atoms with Crippen molar-refractivity contribution in [3.8, 4) is 0 Å². The molecular weight excluding hydrogens is 280 g/mol. The maximum Gasteiger partial charge on any atom is 0.339 e. The lowest BCUT2D eigenvalue weighted by molar-refractivity contribution is 0.0602. The standard InChI is InChI=1S/C16H20N4O2/c1-4-11(2)18-14-9-10-17-16(20-14)19-13-8-6-5-7-12(13)15(21)22-3/h5-11H,4H2,1-3H3,(H2,17,18,19,20). The van der Waals surface area contributed by atoms with E-state index in [9.17, 15) is 4.79 Å². The number of para-hydroxylation sites is 1. The molecule has 2 rings (SSSR count). The summed E-state index contributed by atoms with van der Waals surface area (Å²) in [5.74, 6) is 0.754. The highest BCUT2D eigenvalue weighted by atomic mass is 16.5. The molecule has 2 aromatic rings. The minimum atomic E-state index is -0.406. The Morgan fingerprint density at radius 2 is 2.09 bits per heavy atom. The van der Waals surface area contributed by atoms with E-state index in [1.54, 1.807) is 24.4 Å². The molecule has 0 aliphatic rings. The normalized spacial score (nSPS) is 11.6. The fourth-order valence-corrected chi connectivity index (χ4v) is 1.85. The van der Waals surface area contributed by atoms with Crippen LogP contribution in [0.2, 0.25) is 0 Å². The van der Waals surface area contributed by atoms with Gasteiger partial charge in [-0.25, -0.2) is 9.78 Å². The molecule has 0 aliphatic carbocycles. The third-order valence-corrected chi connectivity index (χ3v) is 3.24. The number of hydrogen-bond acceptors (Lipinski definition) is 6. The van der Waals surface area contributed by atoms with E-state index in [0.717, 1.165) is 12.2 Å². The van der Waals surface area contributed by atoms with Gasteiger partial charge in [0.15, 0.2) is 0 Å². The number of hydrogen-bond donors (Lipinski definition) is 2. The fraction of sp³-hybridized carbons (Fsp3) is 0.312. The van der Waals surface area contributed by atoms with Crippen molar-refractivity contribution in [2.45, 2.75) is 26.3 Å². The van der Waals surface area contributed by atoms with E-state index in [2.05, 4.69) is 34.4 Å². The van der Waals surface area contributed by atoms with Crippen molar-refractivity contribution in [3.05, 3.63) is 42.1 Å². The van der Waals surface area contributed by atoms with Gasteiger partial charge in [0.05, 0.1) is 18.4 Å². The van der Waals surface area contributed by atoms with Gasteiger partial charge >= 0.3 is 5.97 Å². The Labute approximate surface area is 129 Å². The van der Waals surface area contributed by atoms with Crippen LogP contribution >= 0.6 is 0 Å². The zero-order chi connectivity index (χ0) is 15.9. The van der Waals surface area contributed by atoms with E-state index in [-0.39, 0.29) is 0 Å². The van der Waals surface area contributed by atoms with Crippen molar-refractivity contribution in [2.24, 2.45) is 0 Å². The van der Waals surface area contributed by atoms with E-state index >= 15 is 0 Å². The first kappa shape index (κ1) is 15.8. The molecule has 0 radical (unpaired) electrons. The highest BCUT2D eigenvalue weighted by Crippen LogP contribution is 2.20. The predicted octanol–water partition coefficient (Wildman–Crippen LogP) is 3.22. The first-order valence-corrected chi connectivity index (χ1v) is 7.18. The summed E-state index contributed by atoms with van der Waals surface area (Å²) in [4.78, 5) is 20.3. The molecule has 1 aromatic heterocycles. The van der Waals surface area contributed by atoms with Crippen molar-refractivity contribution in [2.75, 3.05) is 17.7 Å². The van der Waals surface area contributed by atoms with Gasteiger partial charge in [-0.05, 0) is 31.5 Å². The summed E-state index contributed by atoms with van der Waals surface area (Å²) in [5, 5.41) is 6.34. The van der Waals surface area contributed by atoms with Gasteiger partial charge in [-0.15, -0.1) is 0 Å². The van der Waals surface area contributed by atoms with E-state index in [4.69, 9.17) is 4.74 Å². The molecule has 1 aromatic carbocycles. The molecule has 1 unspecified atom stereocenters. The molecule has 0 amide bonds. The number of ether oxygens (including phenoxy) is 1. The fourth-order valence-electron chi connectivity index (χ4n) is 1.85. The molecule has 0 fully saturated rings. The maximum atomic E-state index is 11.8. The minimum absolute atomic E-state index is 0.324. The molecule has 0 aliphatic heterocycles. The predicted molar refractivity (Wildman–Crippen MR) is 86.5 cm³/mol.